The maximum atomic E-state index is 13.2. The lowest BCUT2D eigenvalue weighted by Crippen LogP contribution is -1.99. The third kappa shape index (κ3) is 4.04. The molecule has 0 radical (unpaired) electrons. The van der Waals surface area contributed by atoms with Crippen LogP contribution in [0.5, 0.6) is 0 Å². The van der Waals surface area contributed by atoms with E-state index in [0.717, 1.165) is 24.8 Å². The van der Waals surface area contributed by atoms with Crippen LogP contribution in [0.2, 0.25) is 0 Å². The first-order chi connectivity index (χ1) is 9.20. The lowest BCUT2D eigenvalue weighted by atomic mass is 9.95. The predicted octanol–water partition coefficient (Wildman–Crippen LogP) is 4.91. The molecule has 0 heterocycles. The van der Waals surface area contributed by atoms with Crippen LogP contribution in [0.4, 0.5) is 4.39 Å². The molecule has 1 aromatic rings. The normalized spacial score (nSPS) is 24.6. The first kappa shape index (κ1) is 14.5. The number of hydrogen-bond acceptors (Lipinski definition) is 1. The third-order valence-electron chi connectivity index (χ3n) is 4.24. The molecule has 0 spiro atoms. The van der Waals surface area contributed by atoms with E-state index in [9.17, 15) is 9.50 Å². The summed E-state index contributed by atoms with van der Waals surface area (Å²) in [6.45, 7) is 2.17. The number of hydrogen-bond donors (Lipinski definition) is 1. The Balaban J connectivity index is 1.90. The van der Waals surface area contributed by atoms with Gasteiger partial charge in [0, 0.05) is 0 Å². The van der Waals surface area contributed by atoms with E-state index < -0.39 is 6.17 Å². The van der Waals surface area contributed by atoms with Crippen molar-refractivity contribution in [2.45, 2.75) is 70.1 Å². The lowest BCUT2D eigenvalue weighted by molar-refractivity contribution is 0.163. The molecule has 0 saturated heterocycles. The quantitative estimate of drug-likeness (QED) is 0.724. The SMILES string of the molecule is CCCCCC(O)c1ccc(C2CCC(F)C2)cc1. The molecule has 1 aromatic carbocycles. The molecular formula is C17H25FO. The molecule has 0 aromatic heterocycles. The van der Waals surface area contributed by atoms with E-state index >= 15 is 0 Å². The Morgan fingerprint density at radius 1 is 1.21 bits per heavy atom. The van der Waals surface area contributed by atoms with Crippen molar-refractivity contribution in [2.24, 2.45) is 0 Å². The molecule has 19 heavy (non-hydrogen) atoms. The monoisotopic (exact) mass is 264 g/mol. The predicted molar refractivity (Wildman–Crippen MR) is 77.0 cm³/mol. The van der Waals surface area contributed by atoms with Gasteiger partial charge in [0.15, 0.2) is 0 Å². The maximum Gasteiger partial charge on any atom is 0.101 e. The fourth-order valence-corrected chi connectivity index (χ4v) is 2.97. The minimum absolute atomic E-state index is 0.349. The van der Waals surface area contributed by atoms with Crippen molar-refractivity contribution in [1.29, 1.82) is 0 Å². The third-order valence-corrected chi connectivity index (χ3v) is 4.24. The molecule has 1 nitrogen and oxygen atoms in total. The van der Waals surface area contributed by atoms with Crippen LogP contribution in [0.25, 0.3) is 0 Å². The van der Waals surface area contributed by atoms with Crippen molar-refractivity contribution in [3.63, 3.8) is 0 Å². The second-order valence-electron chi connectivity index (χ2n) is 5.79. The van der Waals surface area contributed by atoms with E-state index in [1.165, 1.54) is 18.4 Å². The van der Waals surface area contributed by atoms with Gasteiger partial charge < -0.3 is 5.11 Å². The summed E-state index contributed by atoms with van der Waals surface area (Å²) in [6, 6.07) is 8.16. The highest BCUT2D eigenvalue weighted by Gasteiger charge is 2.25. The minimum atomic E-state index is -0.621. The largest absolute Gasteiger partial charge is 0.388 e. The van der Waals surface area contributed by atoms with E-state index in [-0.39, 0.29) is 6.10 Å². The Bertz CT molecular complexity index is 373. The zero-order chi connectivity index (χ0) is 13.7. The summed E-state index contributed by atoms with van der Waals surface area (Å²) in [6.07, 6.45) is 5.62. The van der Waals surface area contributed by atoms with E-state index in [2.05, 4.69) is 19.1 Å². The molecule has 1 aliphatic carbocycles. The van der Waals surface area contributed by atoms with Crippen LogP contribution in [0, 0.1) is 0 Å². The summed E-state index contributed by atoms with van der Waals surface area (Å²) in [4.78, 5) is 0. The number of benzene rings is 1. The highest BCUT2D eigenvalue weighted by molar-refractivity contribution is 5.27. The molecule has 1 aliphatic rings. The highest BCUT2D eigenvalue weighted by Crippen LogP contribution is 2.36. The van der Waals surface area contributed by atoms with Gasteiger partial charge in [-0.15, -0.1) is 0 Å². The van der Waals surface area contributed by atoms with Gasteiger partial charge in [-0.2, -0.15) is 0 Å². The molecular weight excluding hydrogens is 239 g/mol. The molecule has 0 amide bonds. The van der Waals surface area contributed by atoms with Crippen LogP contribution in [-0.4, -0.2) is 11.3 Å². The molecule has 3 unspecified atom stereocenters. The summed E-state index contributed by atoms with van der Waals surface area (Å²) in [5.74, 6) is 0.376. The van der Waals surface area contributed by atoms with Crippen molar-refractivity contribution < 1.29 is 9.50 Å². The molecule has 1 fully saturated rings. The topological polar surface area (TPSA) is 20.2 Å². The fourth-order valence-electron chi connectivity index (χ4n) is 2.97. The standard InChI is InChI=1S/C17H25FO/c1-2-3-4-5-17(19)14-8-6-13(7-9-14)15-10-11-16(18)12-15/h6-9,15-17,19H,2-5,10-12H2,1H3. The van der Waals surface area contributed by atoms with E-state index in [0.29, 0.717) is 18.8 Å². The molecule has 2 heteroatoms. The lowest BCUT2D eigenvalue weighted by Gasteiger charge is -2.13. The van der Waals surface area contributed by atoms with Crippen molar-refractivity contribution in [1.82, 2.24) is 0 Å². The number of aliphatic hydroxyl groups excluding tert-OH is 1. The Morgan fingerprint density at radius 3 is 2.53 bits per heavy atom. The van der Waals surface area contributed by atoms with E-state index in [4.69, 9.17) is 0 Å². The maximum absolute atomic E-state index is 13.2. The summed E-state index contributed by atoms with van der Waals surface area (Å²) in [7, 11) is 0. The smallest absolute Gasteiger partial charge is 0.101 e. The van der Waals surface area contributed by atoms with Crippen molar-refractivity contribution in [3.8, 4) is 0 Å². The van der Waals surface area contributed by atoms with Gasteiger partial charge in [0.1, 0.15) is 6.17 Å². The van der Waals surface area contributed by atoms with Crippen molar-refractivity contribution in [2.75, 3.05) is 0 Å². The van der Waals surface area contributed by atoms with Crippen molar-refractivity contribution >= 4 is 0 Å². The zero-order valence-corrected chi connectivity index (χ0v) is 11.8. The van der Waals surface area contributed by atoms with Crippen LogP contribution in [-0.2, 0) is 0 Å². The summed E-state index contributed by atoms with van der Waals surface area (Å²) >= 11 is 0. The van der Waals surface area contributed by atoms with Gasteiger partial charge in [0.05, 0.1) is 6.10 Å². The molecule has 0 bridgehead atoms. The average Bonchev–Trinajstić information content (AvgIpc) is 2.86. The summed E-state index contributed by atoms with van der Waals surface area (Å²) < 4.78 is 13.2. The number of aliphatic hydroxyl groups is 1. The van der Waals surface area contributed by atoms with Crippen LogP contribution in [0.3, 0.4) is 0 Å². The van der Waals surface area contributed by atoms with Crippen LogP contribution >= 0.6 is 0 Å². The number of alkyl halides is 1. The van der Waals surface area contributed by atoms with Crippen LogP contribution < -0.4 is 0 Å². The van der Waals surface area contributed by atoms with Gasteiger partial charge in [-0.1, -0.05) is 50.5 Å². The summed E-state index contributed by atoms with van der Waals surface area (Å²) in [5, 5.41) is 10.1. The zero-order valence-electron chi connectivity index (χ0n) is 11.8. The second-order valence-corrected chi connectivity index (χ2v) is 5.79. The fraction of sp³-hybridized carbons (Fsp3) is 0.647. The summed E-state index contributed by atoms with van der Waals surface area (Å²) in [5.41, 5.74) is 2.22. The molecule has 106 valence electrons. The van der Waals surface area contributed by atoms with Gasteiger partial charge in [0.25, 0.3) is 0 Å². The van der Waals surface area contributed by atoms with E-state index in [1.807, 2.05) is 12.1 Å². The average molecular weight is 264 g/mol. The molecule has 3 atom stereocenters. The Hall–Kier alpha value is -0.890. The first-order valence-electron chi connectivity index (χ1n) is 7.62. The molecule has 1 N–H and O–H groups in total. The van der Waals surface area contributed by atoms with Gasteiger partial charge in [-0.25, -0.2) is 4.39 Å². The highest BCUT2D eigenvalue weighted by atomic mass is 19.1. The minimum Gasteiger partial charge on any atom is -0.388 e. The van der Waals surface area contributed by atoms with E-state index in [1.54, 1.807) is 0 Å². The number of rotatable bonds is 6. The Labute approximate surface area is 115 Å². The Kier molecular flexibility index (Phi) is 5.38. The molecule has 0 aliphatic heterocycles. The van der Waals surface area contributed by atoms with Crippen LogP contribution in [0.15, 0.2) is 24.3 Å². The number of unbranched alkanes of at least 4 members (excludes halogenated alkanes) is 2. The number of halogens is 1. The van der Waals surface area contributed by atoms with Gasteiger partial charge >= 0.3 is 0 Å². The van der Waals surface area contributed by atoms with Gasteiger partial charge in [-0.3, -0.25) is 0 Å². The molecule has 1 saturated carbocycles. The first-order valence-corrected chi connectivity index (χ1v) is 7.62. The van der Waals surface area contributed by atoms with Crippen LogP contribution in [0.1, 0.15) is 75.0 Å². The molecule has 2 rings (SSSR count). The van der Waals surface area contributed by atoms with Gasteiger partial charge in [-0.05, 0) is 42.7 Å². The van der Waals surface area contributed by atoms with Crippen molar-refractivity contribution in [3.05, 3.63) is 35.4 Å². The second kappa shape index (κ2) is 7.04. The van der Waals surface area contributed by atoms with Gasteiger partial charge in [0.2, 0.25) is 0 Å². The Morgan fingerprint density at radius 2 is 1.95 bits per heavy atom.